The van der Waals surface area contributed by atoms with E-state index in [-0.39, 0.29) is 5.91 Å². The van der Waals surface area contributed by atoms with E-state index in [0.29, 0.717) is 18.4 Å². The molecule has 136 valence electrons. The first-order valence-electron chi connectivity index (χ1n) is 8.95. The van der Waals surface area contributed by atoms with Gasteiger partial charge in [-0.2, -0.15) is 11.8 Å². The zero-order valence-electron chi connectivity index (χ0n) is 14.4. The largest absolute Gasteiger partial charge is 0.480 e. The van der Waals surface area contributed by atoms with E-state index in [1.54, 1.807) is 24.0 Å². The molecule has 1 amide bonds. The summed E-state index contributed by atoms with van der Waals surface area (Å²) in [5, 5.41) is 12.3. The highest BCUT2D eigenvalue weighted by molar-refractivity contribution is 7.99. The molecule has 3 rings (SSSR count). The second-order valence-electron chi connectivity index (χ2n) is 6.76. The Morgan fingerprint density at radius 2 is 1.80 bits per heavy atom. The number of hydrogen-bond acceptors (Lipinski definition) is 5. The van der Waals surface area contributed by atoms with Crippen LogP contribution in [0.3, 0.4) is 0 Å². The highest BCUT2D eigenvalue weighted by Gasteiger charge is 2.41. The zero-order chi connectivity index (χ0) is 17.7. The molecule has 2 saturated heterocycles. The van der Waals surface area contributed by atoms with Crippen LogP contribution < -0.4 is 10.2 Å². The number of carboxylic acid groups (broad SMARTS) is 1. The quantitative estimate of drug-likeness (QED) is 0.855. The molecule has 0 bridgehead atoms. The summed E-state index contributed by atoms with van der Waals surface area (Å²) in [6.45, 7) is 2.00. The smallest absolute Gasteiger partial charge is 0.329 e. The number of carboxylic acids is 1. The number of amides is 1. The maximum absolute atomic E-state index is 12.5. The molecule has 7 heteroatoms. The fraction of sp³-hybridized carbons (Fsp3) is 0.611. The molecule has 0 spiro atoms. The number of carbonyl (C=O) groups is 2. The van der Waals surface area contributed by atoms with Crippen molar-refractivity contribution in [3.63, 3.8) is 0 Å². The topological polar surface area (TPSA) is 82.5 Å². The van der Waals surface area contributed by atoms with Gasteiger partial charge in [-0.05, 0) is 49.3 Å². The van der Waals surface area contributed by atoms with Crippen molar-refractivity contribution >= 4 is 29.5 Å². The van der Waals surface area contributed by atoms with Crippen LogP contribution in [0.1, 0.15) is 48.9 Å². The maximum Gasteiger partial charge on any atom is 0.329 e. The van der Waals surface area contributed by atoms with Crippen LogP contribution in [-0.2, 0) is 4.79 Å². The van der Waals surface area contributed by atoms with Gasteiger partial charge in [0.05, 0.1) is 5.56 Å². The average Bonchev–Trinajstić information content (AvgIpc) is 2.92. The second kappa shape index (κ2) is 8.08. The van der Waals surface area contributed by atoms with Crippen LogP contribution >= 0.6 is 11.8 Å². The lowest BCUT2D eigenvalue weighted by atomic mass is 9.92. The average molecular weight is 363 g/mol. The highest BCUT2D eigenvalue weighted by Crippen LogP contribution is 2.28. The Morgan fingerprint density at radius 1 is 1.12 bits per heavy atom. The molecule has 1 aromatic rings. The highest BCUT2D eigenvalue weighted by atomic mass is 32.2. The summed E-state index contributed by atoms with van der Waals surface area (Å²) in [5.74, 6) is 1.08. The van der Waals surface area contributed by atoms with E-state index in [9.17, 15) is 14.7 Å². The molecule has 3 heterocycles. The molecular weight excluding hydrogens is 338 g/mol. The van der Waals surface area contributed by atoms with Gasteiger partial charge in [0, 0.05) is 19.3 Å². The number of rotatable bonds is 4. The van der Waals surface area contributed by atoms with Crippen LogP contribution in [0.2, 0.25) is 0 Å². The van der Waals surface area contributed by atoms with E-state index < -0.39 is 11.5 Å². The first kappa shape index (κ1) is 18.0. The first-order valence-corrected chi connectivity index (χ1v) is 10.1. The van der Waals surface area contributed by atoms with E-state index in [0.717, 1.165) is 30.4 Å². The van der Waals surface area contributed by atoms with E-state index in [1.807, 2.05) is 6.07 Å². The van der Waals surface area contributed by atoms with Crippen molar-refractivity contribution in [3.05, 3.63) is 23.9 Å². The Balaban J connectivity index is 1.68. The number of nitrogens with zero attached hydrogens (tertiary/aromatic N) is 2. The molecule has 0 aromatic carbocycles. The third-order valence-electron chi connectivity index (χ3n) is 5.05. The normalized spacial score (nSPS) is 20.6. The number of anilines is 1. The van der Waals surface area contributed by atoms with Gasteiger partial charge in [0.2, 0.25) is 0 Å². The summed E-state index contributed by atoms with van der Waals surface area (Å²) in [6, 6.07) is 3.61. The van der Waals surface area contributed by atoms with Gasteiger partial charge in [0.25, 0.3) is 5.91 Å². The predicted octanol–water partition coefficient (Wildman–Crippen LogP) is 2.54. The molecule has 0 atom stereocenters. The fourth-order valence-electron chi connectivity index (χ4n) is 3.41. The van der Waals surface area contributed by atoms with Crippen LogP contribution in [-0.4, -0.2) is 52.1 Å². The van der Waals surface area contributed by atoms with E-state index in [2.05, 4.69) is 15.2 Å². The van der Waals surface area contributed by atoms with Gasteiger partial charge in [-0.1, -0.05) is 12.8 Å². The fourth-order valence-corrected chi connectivity index (χ4v) is 4.60. The molecule has 0 aliphatic carbocycles. The number of carbonyl (C=O) groups excluding carboxylic acids is 1. The second-order valence-corrected chi connectivity index (χ2v) is 7.98. The Bertz CT molecular complexity index is 606. The van der Waals surface area contributed by atoms with E-state index >= 15 is 0 Å². The number of aliphatic carboxylic acids is 1. The minimum Gasteiger partial charge on any atom is -0.480 e. The van der Waals surface area contributed by atoms with Crippen molar-refractivity contribution in [2.75, 3.05) is 29.5 Å². The predicted molar refractivity (Wildman–Crippen MR) is 99.3 cm³/mol. The van der Waals surface area contributed by atoms with E-state index in [1.165, 1.54) is 25.7 Å². The zero-order valence-corrected chi connectivity index (χ0v) is 15.2. The van der Waals surface area contributed by atoms with Gasteiger partial charge in [-0.25, -0.2) is 9.78 Å². The summed E-state index contributed by atoms with van der Waals surface area (Å²) in [7, 11) is 0. The standard InChI is InChI=1S/C18H25N3O3S/c22-16(20-18(17(23)24)7-11-25-12-8-18)14-5-6-15(19-13-14)21-9-3-1-2-4-10-21/h5-6,13H,1-4,7-12H2,(H,20,22)(H,23,24). The summed E-state index contributed by atoms with van der Waals surface area (Å²) in [4.78, 5) is 30.9. The summed E-state index contributed by atoms with van der Waals surface area (Å²) in [5.41, 5.74) is -0.733. The van der Waals surface area contributed by atoms with E-state index in [4.69, 9.17) is 0 Å². The number of thioether (sulfide) groups is 1. The van der Waals surface area contributed by atoms with Gasteiger partial charge >= 0.3 is 5.97 Å². The lowest BCUT2D eigenvalue weighted by Gasteiger charge is -2.33. The van der Waals surface area contributed by atoms with Gasteiger partial charge < -0.3 is 15.3 Å². The molecule has 2 aliphatic heterocycles. The van der Waals surface area contributed by atoms with Crippen molar-refractivity contribution in [3.8, 4) is 0 Å². The first-order chi connectivity index (χ1) is 12.1. The van der Waals surface area contributed by atoms with Crippen LogP contribution in [0, 0.1) is 0 Å². The lowest BCUT2D eigenvalue weighted by Crippen LogP contribution is -2.56. The van der Waals surface area contributed by atoms with Crippen LogP contribution in [0.4, 0.5) is 5.82 Å². The van der Waals surface area contributed by atoms with Gasteiger partial charge in [0.15, 0.2) is 0 Å². The van der Waals surface area contributed by atoms with Crippen molar-refractivity contribution in [1.29, 1.82) is 0 Å². The summed E-state index contributed by atoms with van der Waals surface area (Å²) >= 11 is 1.72. The minimum absolute atomic E-state index is 0.357. The van der Waals surface area contributed by atoms with Gasteiger partial charge in [-0.15, -0.1) is 0 Å². The van der Waals surface area contributed by atoms with Crippen LogP contribution in [0.15, 0.2) is 18.3 Å². The Kier molecular flexibility index (Phi) is 5.83. The third kappa shape index (κ3) is 4.26. The molecule has 0 saturated carbocycles. The molecule has 0 unspecified atom stereocenters. The molecular formula is C18H25N3O3S. The van der Waals surface area contributed by atoms with Crippen molar-refractivity contribution < 1.29 is 14.7 Å². The molecule has 2 aliphatic rings. The lowest BCUT2D eigenvalue weighted by molar-refractivity contribution is -0.144. The summed E-state index contributed by atoms with van der Waals surface area (Å²) in [6.07, 6.45) is 7.32. The van der Waals surface area contributed by atoms with Crippen molar-refractivity contribution in [2.45, 2.75) is 44.1 Å². The molecule has 1 aromatic heterocycles. The molecule has 2 N–H and O–H groups in total. The Labute approximate surface area is 152 Å². The minimum atomic E-state index is -1.15. The monoisotopic (exact) mass is 363 g/mol. The Morgan fingerprint density at radius 3 is 2.36 bits per heavy atom. The van der Waals surface area contributed by atoms with Gasteiger partial charge in [-0.3, -0.25) is 4.79 Å². The molecule has 0 radical (unpaired) electrons. The van der Waals surface area contributed by atoms with Crippen LogP contribution in [0.5, 0.6) is 0 Å². The molecule has 6 nitrogen and oxygen atoms in total. The van der Waals surface area contributed by atoms with Gasteiger partial charge in [0.1, 0.15) is 11.4 Å². The number of pyridine rings is 1. The number of nitrogens with one attached hydrogen (secondary N) is 1. The number of aromatic nitrogens is 1. The summed E-state index contributed by atoms with van der Waals surface area (Å²) < 4.78 is 0. The van der Waals surface area contributed by atoms with Crippen molar-refractivity contribution in [2.24, 2.45) is 0 Å². The van der Waals surface area contributed by atoms with Crippen LogP contribution in [0.25, 0.3) is 0 Å². The SMILES string of the molecule is O=C(NC1(C(=O)O)CCSCC1)c1ccc(N2CCCCCC2)nc1. The number of hydrogen-bond donors (Lipinski definition) is 2. The molecule has 2 fully saturated rings. The third-order valence-corrected chi connectivity index (χ3v) is 6.03. The maximum atomic E-state index is 12.5. The van der Waals surface area contributed by atoms with Crippen molar-refractivity contribution in [1.82, 2.24) is 10.3 Å². The molecule has 25 heavy (non-hydrogen) atoms. The Hall–Kier alpha value is -1.76.